The summed E-state index contributed by atoms with van der Waals surface area (Å²) in [5, 5.41) is 20.8. The summed E-state index contributed by atoms with van der Waals surface area (Å²) in [6.45, 7) is 6.15. The van der Waals surface area contributed by atoms with Crippen LogP contribution in [-0.2, 0) is 6.54 Å². The Labute approximate surface area is 80.8 Å². The molecule has 0 aliphatic carbocycles. The van der Waals surface area contributed by atoms with Gasteiger partial charge < -0.3 is 5.11 Å². The molecule has 13 heavy (non-hydrogen) atoms. The van der Waals surface area contributed by atoms with Gasteiger partial charge in [-0.25, -0.2) is 4.68 Å². The minimum atomic E-state index is 0.0427. The third-order valence-electron chi connectivity index (χ3n) is 1.43. The number of nitrogens with zero attached hydrogens (tertiary/aromatic N) is 4. The molecule has 0 amide bonds. The monoisotopic (exact) mass is 200 g/mol. The lowest BCUT2D eigenvalue weighted by molar-refractivity contribution is 0.262. The van der Waals surface area contributed by atoms with Gasteiger partial charge in [0.05, 0.1) is 13.2 Å². The summed E-state index contributed by atoms with van der Waals surface area (Å²) < 4.78 is 1.57. The van der Waals surface area contributed by atoms with Crippen LogP contribution in [0.25, 0.3) is 0 Å². The number of rotatable bonds is 5. The summed E-state index contributed by atoms with van der Waals surface area (Å²) in [7, 11) is 0. The van der Waals surface area contributed by atoms with Gasteiger partial charge in [-0.05, 0) is 17.4 Å². The highest BCUT2D eigenvalue weighted by molar-refractivity contribution is 7.99. The Bertz CT molecular complexity index is 275. The molecule has 1 atom stereocenters. The first-order valence-electron chi connectivity index (χ1n) is 3.94. The van der Waals surface area contributed by atoms with Crippen LogP contribution in [0.1, 0.15) is 6.92 Å². The van der Waals surface area contributed by atoms with Gasteiger partial charge >= 0.3 is 0 Å². The molecule has 0 aromatic carbocycles. The second kappa shape index (κ2) is 4.98. The average molecular weight is 200 g/mol. The maximum atomic E-state index is 8.71. The maximum absolute atomic E-state index is 8.71. The van der Waals surface area contributed by atoms with Crippen LogP contribution in [0.3, 0.4) is 0 Å². The summed E-state index contributed by atoms with van der Waals surface area (Å²) in [4.78, 5) is 0. The van der Waals surface area contributed by atoms with E-state index in [9.17, 15) is 0 Å². The van der Waals surface area contributed by atoms with Crippen molar-refractivity contribution in [1.29, 1.82) is 0 Å². The molecular weight excluding hydrogens is 188 g/mol. The van der Waals surface area contributed by atoms with E-state index in [-0.39, 0.29) is 11.9 Å². The van der Waals surface area contributed by atoms with E-state index in [0.29, 0.717) is 11.7 Å². The third kappa shape index (κ3) is 2.82. The minimum absolute atomic E-state index is 0.0427. The lowest BCUT2D eigenvalue weighted by Crippen LogP contribution is -2.06. The number of thioether (sulfide) groups is 1. The molecule has 0 radical (unpaired) electrons. The van der Waals surface area contributed by atoms with Gasteiger partial charge in [-0.3, -0.25) is 0 Å². The molecule has 0 aliphatic rings. The zero-order valence-electron chi connectivity index (χ0n) is 7.42. The Morgan fingerprint density at radius 1 is 1.77 bits per heavy atom. The molecule has 72 valence electrons. The summed E-state index contributed by atoms with van der Waals surface area (Å²) in [6, 6.07) is 0. The number of aliphatic hydroxyl groups is 1. The zero-order valence-corrected chi connectivity index (χ0v) is 8.24. The van der Waals surface area contributed by atoms with Crippen LogP contribution in [0.4, 0.5) is 0 Å². The van der Waals surface area contributed by atoms with E-state index in [4.69, 9.17) is 5.11 Å². The molecule has 1 rings (SSSR count). The molecule has 5 nitrogen and oxygen atoms in total. The first-order chi connectivity index (χ1) is 6.27. The highest BCUT2D eigenvalue weighted by atomic mass is 32.2. The summed E-state index contributed by atoms with van der Waals surface area (Å²) in [5.41, 5.74) is 0. The Morgan fingerprint density at radius 2 is 2.54 bits per heavy atom. The Balaban J connectivity index is 2.64. The Kier molecular flexibility index (Phi) is 3.91. The van der Waals surface area contributed by atoms with Gasteiger partial charge in [-0.15, -0.1) is 11.7 Å². The molecule has 1 aromatic rings. The van der Waals surface area contributed by atoms with E-state index in [1.165, 1.54) is 11.8 Å². The van der Waals surface area contributed by atoms with Crippen molar-refractivity contribution in [2.45, 2.75) is 23.9 Å². The van der Waals surface area contributed by atoms with Gasteiger partial charge in [0.2, 0.25) is 5.16 Å². The normalized spacial score (nSPS) is 12.8. The zero-order chi connectivity index (χ0) is 9.68. The first-order valence-corrected chi connectivity index (χ1v) is 4.82. The standard InChI is InChI=1S/C7H12N4OS/c1-3-6(2)13-7-8-9-10-11(7)4-5-12/h3,6,12H,1,4-5H2,2H3. The van der Waals surface area contributed by atoms with E-state index in [1.54, 1.807) is 4.68 Å². The molecule has 0 fully saturated rings. The van der Waals surface area contributed by atoms with E-state index in [0.717, 1.165) is 0 Å². The predicted molar refractivity (Wildman–Crippen MR) is 50.4 cm³/mol. The largest absolute Gasteiger partial charge is 0.394 e. The maximum Gasteiger partial charge on any atom is 0.209 e. The van der Waals surface area contributed by atoms with Gasteiger partial charge in [0.15, 0.2) is 0 Å². The van der Waals surface area contributed by atoms with Gasteiger partial charge in [-0.1, -0.05) is 17.8 Å². The lowest BCUT2D eigenvalue weighted by Gasteiger charge is -2.04. The van der Waals surface area contributed by atoms with Crippen LogP contribution in [0, 0.1) is 0 Å². The molecular formula is C7H12N4OS. The van der Waals surface area contributed by atoms with Crippen molar-refractivity contribution in [3.8, 4) is 0 Å². The van der Waals surface area contributed by atoms with Crippen molar-refractivity contribution < 1.29 is 5.11 Å². The molecule has 0 saturated carbocycles. The highest BCUT2D eigenvalue weighted by Gasteiger charge is 2.08. The van der Waals surface area contributed by atoms with E-state index in [1.807, 2.05) is 13.0 Å². The molecule has 1 unspecified atom stereocenters. The van der Waals surface area contributed by atoms with Crippen LogP contribution in [0.5, 0.6) is 0 Å². The van der Waals surface area contributed by atoms with Gasteiger partial charge in [-0.2, -0.15) is 0 Å². The van der Waals surface area contributed by atoms with Gasteiger partial charge in [0.1, 0.15) is 0 Å². The number of aliphatic hydroxyl groups excluding tert-OH is 1. The summed E-state index contributed by atoms with van der Waals surface area (Å²) in [6.07, 6.45) is 1.82. The number of aromatic nitrogens is 4. The van der Waals surface area contributed by atoms with Crippen molar-refractivity contribution in [2.75, 3.05) is 6.61 Å². The van der Waals surface area contributed by atoms with Gasteiger partial charge in [0, 0.05) is 5.25 Å². The van der Waals surface area contributed by atoms with Crippen LogP contribution in [0.2, 0.25) is 0 Å². The topological polar surface area (TPSA) is 63.8 Å². The number of hydrogen-bond acceptors (Lipinski definition) is 5. The van der Waals surface area contributed by atoms with Gasteiger partial charge in [0.25, 0.3) is 0 Å². The van der Waals surface area contributed by atoms with Crippen LogP contribution in [-0.4, -0.2) is 37.2 Å². The van der Waals surface area contributed by atoms with Crippen molar-refractivity contribution in [3.63, 3.8) is 0 Å². The van der Waals surface area contributed by atoms with E-state index in [2.05, 4.69) is 22.1 Å². The number of hydrogen-bond donors (Lipinski definition) is 1. The van der Waals surface area contributed by atoms with Crippen molar-refractivity contribution in [2.24, 2.45) is 0 Å². The lowest BCUT2D eigenvalue weighted by atomic mass is 10.5. The minimum Gasteiger partial charge on any atom is -0.394 e. The number of tetrazole rings is 1. The van der Waals surface area contributed by atoms with Crippen LogP contribution >= 0.6 is 11.8 Å². The van der Waals surface area contributed by atoms with E-state index < -0.39 is 0 Å². The van der Waals surface area contributed by atoms with Crippen molar-refractivity contribution in [3.05, 3.63) is 12.7 Å². The highest BCUT2D eigenvalue weighted by Crippen LogP contribution is 2.19. The SMILES string of the molecule is C=CC(C)Sc1nnnn1CCO. The third-order valence-corrected chi connectivity index (χ3v) is 2.50. The molecule has 0 saturated heterocycles. The molecule has 0 bridgehead atoms. The first kappa shape index (κ1) is 10.2. The predicted octanol–water partition coefficient (Wildman–Crippen LogP) is 0.332. The average Bonchev–Trinajstić information content (AvgIpc) is 2.54. The molecule has 0 spiro atoms. The molecule has 1 aromatic heterocycles. The fourth-order valence-electron chi connectivity index (χ4n) is 0.730. The van der Waals surface area contributed by atoms with Crippen LogP contribution in [0.15, 0.2) is 17.8 Å². The Morgan fingerprint density at radius 3 is 3.15 bits per heavy atom. The second-order valence-corrected chi connectivity index (χ2v) is 3.81. The summed E-state index contributed by atoms with van der Waals surface area (Å²) in [5.74, 6) is 0. The van der Waals surface area contributed by atoms with Crippen molar-refractivity contribution in [1.82, 2.24) is 20.2 Å². The molecule has 6 heteroatoms. The summed E-state index contributed by atoms with van der Waals surface area (Å²) >= 11 is 1.51. The smallest absolute Gasteiger partial charge is 0.209 e. The fourth-order valence-corrected chi connectivity index (χ4v) is 1.49. The van der Waals surface area contributed by atoms with Crippen LogP contribution < -0.4 is 0 Å². The Hall–Kier alpha value is -0.880. The molecule has 1 heterocycles. The molecule has 1 N–H and O–H groups in total. The second-order valence-electron chi connectivity index (χ2n) is 2.47. The van der Waals surface area contributed by atoms with Crippen molar-refractivity contribution >= 4 is 11.8 Å². The fraction of sp³-hybridized carbons (Fsp3) is 0.571. The quantitative estimate of drug-likeness (QED) is 0.548. The van der Waals surface area contributed by atoms with E-state index >= 15 is 0 Å². The molecule has 0 aliphatic heterocycles.